The Hall–Kier alpha value is -1.88. The average Bonchev–Trinajstić information content (AvgIpc) is 2.95. The van der Waals surface area contributed by atoms with Gasteiger partial charge in [-0.15, -0.1) is 0 Å². The fourth-order valence-electron chi connectivity index (χ4n) is 3.10. The van der Waals surface area contributed by atoms with Crippen LogP contribution in [0.15, 0.2) is 30.7 Å². The lowest BCUT2D eigenvalue weighted by atomic mass is 9.90. The van der Waals surface area contributed by atoms with Crippen molar-refractivity contribution in [2.24, 2.45) is 7.05 Å². The molecule has 0 radical (unpaired) electrons. The van der Waals surface area contributed by atoms with Gasteiger partial charge in [0.15, 0.2) is 0 Å². The van der Waals surface area contributed by atoms with E-state index >= 15 is 0 Å². The predicted molar refractivity (Wildman–Crippen MR) is 85.2 cm³/mol. The number of nitrogens with zero attached hydrogens (tertiary/aromatic N) is 3. The van der Waals surface area contributed by atoms with Crippen LogP contribution < -0.4 is 10.6 Å². The monoisotopic (exact) mass is 285 g/mol. The topological polar surface area (TPSA) is 54.8 Å². The Morgan fingerprint density at radius 3 is 2.71 bits per heavy atom. The lowest BCUT2D eigenvalue weighted by Gasteiger charge is -2.32. The fourth-order valence-corrected chi connectivity index (χ4v) is 3.10. The minimum Gasteiger partial charge on any atom is -0.366 e. The van der Waals surface area contributed by atoms with E-state index in [1.54, 1.807) is 0 Å². The van der Waals surface area contributed by atoms with Crippen LogP contribution in [0.25, 0.3) is 11.1 Å². The predicted octanol–water partition coefficient (Wildman–Crippen LogP) is 2.42. The zero-order chi connectivity index (χ0) is 14.7. The number of hydrogen-bond acceptors (Lipinski definition) is 4. The van der Waals surface area contributed by atoms with Crippen molar-refractivity contribution < 1.29 is 0 Å². The van der Waals surface area contributed by atoms with E-state index in [-0.39, 0.29) is 0 Å². The van der Waals surface area contributed by atoms with Gasteiger partial charge in [-0.2, -0.15) is 5.10 Å². The summed E-state index contributed by atoms with van der Waals surface area (Å²) in [6.07, 6.45) is 10.8. The molecule has 0 unspecified atom stereocenters. The van der Waals surface area contributed by atoms with Crippen molar-refractivity contribution in [2.75, 3.05) is 12.4 Å². The van der Waals surface area contributed by atoms with Gasteiger partial charge in [0.2, 0.25) is 0 Å². The van der Waals surface area contributed by atoms with Gasteiger partial charge in [0.05, 0.1) is 6.20 Å². The molecule has 2 aromatic rings. The first-order valence-electron chi connectivity index (χ1n) is 7.65. The molecule has 0 spiro atoms. The molecule has 0 aliphatic heterocycles. The van der Waals surface area contributed by atoms with Gasteiger partial charge >= 0.3 is 0 Å². The zero-order valence-corrected chi connectivity index (χ0v) is 12.7. The zero-order valence-electron chi connectivity index (χ0n) is 12.7. The molecule has 3 rings (SSSR count). The van der Waals surface area contributed by atoms with Crippen molar-refractivity contribution in [3.63, 3.8) is 0 Å². The van der Waals surface area contributed by atoms with Crippen molar-refractivity contribution in [3.05, 3.63) is 30.7 Å². The highest BCUT2D eigenvalue weighted by Crippen LogP contribution is 2.24. The Kier molecular flexibility index (Phi) is 4.20. The second-order valence-corrected chi connectivity index (χ2v) is 5.76. The van der Waals surface area contributed by atoms with Crippen LogP contribution >= 0.6 is 0 Å². The highest BCUT2D eigenvalue weighted by atomic mass is 15.2. The maximum absolute atomic E-state index is 4.47. The third-order valence-corrected chi connectivity index (χ3v) is 4.27. The summed E-state index contributed by atoms with van der Waals surface area (Å²) >= 11 is 0. The second kappa shape index (κ2) is 6.26. The molecule has 0 saturated heterocycles. The molecule has 2 N–H and O–H groups in total. The van der Waals surface area contributed by atoms with Crippen LogP contribution in [-0.2, 0) is 7.05 Å². The minimum atomic E-state index is 0.459. The number of anilines is 1. The number of pyridine rings is 1. The third kappa shape index (κ3) is 3.24. The van der Waals surface area contributed by atoms with E-state index in [1.807, 2.05) is 43.4 Å². The SMILES string of the molecule is CN[C@@H]1CCCC[C@H]1Nc1cc(-c2cnn(C)c2)ccn1. The summed E-state index contributed by atoms with van der Waals surface area (Å²) in [5.41, 5.74) is 2.27. The van der Waals surface area contributed by atoms with E-state index in [2.05, 4.69) is 26.8 Å². The largest absolute Gasteiger partial charge is 0.366 e. The molecule has 2 heterocycles. The first kappa shape index (κ1) is 14.1. The number of hydrogen-bond donors (Lipinski definition) is 2. The van der Waals surface area contributed by atoms with Crippen LogP contribution in [0.2, 0.25) is 0 Å². The highest BCUT2D eigenvalue weighted by Gasteiger charge is 2.23. The molecule has 2 atom stereocenters. The van der Waals surface area contributed by atoms with Crippen LogP contribution in [0.5, 0.6) is 0 Å². The molecule has 1 saturated carbocycles. The summed E-state index contributed by atoms with van der Waals surface area (Å²) in [7, 11) is 3.98. The molecule has 0 amide bonds. The number of aromatic nitrogens is 3. The molecular weight excluding hydrogens is 262 g/mol. The van der Waals surface area contributed by atoms with Crippen LogP contribution in [0.3, 0.4) is 0 Å². The normalized spacial score (nSPS) is 22.2. The first-order valence-corrected chi connectivity index (χ1v) is 7.65. The van der Waals surface area contributed by atoms with Gasteiger partial charge in [-0.25, -0.2) is 4.98 Å². The summed E-state index contributed by atoms with van der Waals surface area (Å²) in [5, 5.41) is 11.2. The Morgan fingerprint density at radius 2 is 2.00 bits per heavy atom. The number of nitrogens with one attached hydrogen (secondary N) is 2. The minimum absolute atomic E-state index is 0.459. The van der Waals surface area contributed by atoms with E-state index in [9.17, 15) is 0 Å². The van der Waals surface area contributed by atoms with E-state index in [4.69, 9.17) is 0 Å². The van der Waals surface area contributed by atoms with Gasteiger partial charge in [-0.05, 0) is 37.6 Å². The van der Waals surface area contributed by atoms with Crippen LogP contribution in [-0.4, -0.2) is 33.9 Å². The number of likely N-dealkylation sites (N-methyl/N-ethyl adjacent to an activating group) is 1. The van der Waals surface area contributed by atoms with Crippen LogP contribution in [0.4, 0.5) is 5.82 Å². The molecular formula is C16H23N5. The second-order valence-electron chi connectivity index (χ2n) is 5.76. The van der Waals surface area contributed by atoms with E-state index in [0.717, 1.165) is 16.9 Å². The summed E-state index contributed by atoms with van der Waals surface area (Å²) in [6, 6.07) is 5.12. The quantitative estimate of drug-likeness (QED) is 0.906. The summed E-state index contributed by atoms with van der Waals surface area (Å²) in [6.45, 7) is 0. The van der Waals surface area contributed by atoms with Crippen LogP contribution in [0.1, 0.15) is 25.7 Å². The standard InChI is InChI=1S/C16H23N5/c1-17-14-5-3-4-6-15(14)20-16-9-12(7-8-18-16)13-10-19-21(2)11-13/h7-11,14-15,17H,3-6H2,1-2H3,(H,18,20)/t14-,15-/m1/s1. The summed E-state index contributed by atoms with van der Waals surface area (Å²) in [4.78, 5) is 4.47. The lowest BCUT2D eigenvalue weighted by Crippen LogP contribution is -2.44. The van der Waals surface area contributed by atoms with Crippen molar-refractivity contribution >= 4 is 5.82 Å². The van der Waals surface area contributed by atoms with Crippen molar-refractivity contribution in [2.45, 2.75) is 37.8 Å². The van der Waals surface area contributed by atoms with Crippen molar-refractivity contribution in [1.82, 2.24) is 20.1 Å². The molecule has 1 fully saturated rings. The Labute approximate surface area is 125 Å². The van der Waals surface area contributed by atoms with Gasteiger partial charge < -0.3 is 10.6 Å². The molecule has 112 valence electrons. The lowest BCUT2D eigenvalue weighted by molar-refractivity contribution is 0.361. The van der Waals surface area contributed by atoms with Gasteiger partial charge in [-0.1, -0.05) is 12.8 Å². The highest BCUT2D eigenvalue weighted by molar-refractivity contribution is 5.64. The Bertz CT molecular complexity index is 592. The number of aryl methyl sites for hydroxylation is 1. The summed E-state index contributed by atoms with van der Waals surface area (Å²) in [5.74, 6) is 0.948. The van der Waals surface area contributed by atoms with Gasteiger partial charge in [0.1, 0.15) is 5.82 Å². The average molecular weight is 285 g/mol. The molecule has 21 heavy (non-hydrogen) atoms. The smallest absolute Gasteiger partial charge is 0.126 e. The molecule has 0 aromatic carbocycles. The fraction of sp³-hybridized carbons (Fsp3) is 0.500. The maximum Gasteiger partial charge on any atom is 0.126 e. The Morgan fingerprint density at radius 1 is 1.19 bits per heavy atom. The van der Waals surface area contributed by atoms with Crippen LogP contribution in [0, 0.1) is 0 Å². The molecule has 2 aromatic heterocycles. The van der Waals surface area contributed by atoms with Gasteiger partial charge in [0, 0.05) is 37.1 Å². The molecule has 5 heteroatoms. The van der Waals surface area contributed by atoms with Gasteiger partial charge in [0.25, 0.3) is 0 Å². The van der Waals surface area contributed by atoms with Gasteiger partial charge in [-0.3, -0.25) is 4.68 Å². The molecule has 1 aliphatic rings. The van der Waals surface area contributed by atoms with E-state index < -0.39 is 0 Å². The molecule has 0 bridgehead atoms. The maximum atomic E-state index is 4.47. The Balaban J connectivity index is 1.76. The third-order valence-electron chi connectivity index (χ3n) is 4.27. The first-order chi connectivity index (χ1) is 10.3. The summed E-state index contributed by atoms with van der Waals surface area (Å²) < 4.78 is 1.82. The van der Waals surface area contributed by atoms with Crippen molar-refractivity contribution in [1.29, 1.82) is 0 Å². The van der Waals surface area contributed by atoms with E-state index in [0.29, 0.717) is 12.1 Å². The number of rotatable bonds is 4. The van der Waals surface area contributed by atoms with E-state index in [1.165, 1.54) is 25.7 Å². The molecule has 5 nitrogen and oxygen atoms in total. The van der Waals surface area contributed by atoms with Crippen molar-refractivity contribution in [3.8, 4) is 11.1 Å². The molecule has 1 aliphatic carbocycles.